The molecule has 12 heteroatoms. The molecule has 1 aromatic heterocycles. The molecule has 3 aromatic rings. The predicted octanol–water partition coefficient (Wildman–Crippen LogP) is 7.45. The third-order valence-electron chi connectivity index (χ3n) is 7.35. The van der Waals surface area contributed by atoms with Crippen LogP contribution < -0.4 is 4.74 Å². The molecular weight excluding hydrogens is 624 g/mol. The zero-order valence-corrected chi connectivity index (χ0v) is 28.1. The van der Waals surface area contributed by atoms with Crippen molar-refractivity contribution in [3.05, 3.63) is 64.2 Å². The number of benzene rings is 2. The average Bonchev–Trinajstić information content (AvgIpc) is 3.39. The summed E-state index contributed by atoms with van der Waals surface area (Å²) < 4.78 is 50.3. The summed E-state index contributed by atoms with van der Waals surface area (Å²) >= 11 is 3.12. The van der Waals surface area contributed by atoms with Gasteiger partial charge in [0.15, 0.2) is 6.10 Å². The molecule has 1 fully saturated rings. The lowest BCUT2D eigenvalue weighted by molar-refractivity contribution is -0.150. The van der Waals surface area contributed by atoms with Crippen LogP contribution in [0.3, 0.4) is 0 Å². The molecule has 1 atom stereocenters. The standard InChI is InChI=1S/C33H40F3N3O4S2/c1-7-42-30(40)22(3)43-27-13-12-25(18-21(27)2)44-20-28-26(19-38-14-16-39(17-15-38)31(41)32(4,5)6)37-29(45-28)23-8-10-24(11-9-23)33(34,35)36/h8-13,18,22H,7,14-17,19-20H2,1-6H3. The van der Waals surface area contributed by atoms with Gasteiger partial charge in [0.05, 0.1) is 17.9 Å². The Kier molecular flexibility index (Phi) is 11.2. The minimum atomic E-state index is -4.40. The summed E-state index contributed by atoms with van der Waals surface area (Å²) in [4.78, 5) is 35.9. The number of alkyl halides is 3. The van der Waals surface area contributed by atoms with Crippen molar-refractivity contribution in [2.24, 2.45) is 5.41 Å². The molecule has 0 aliphatic carbocycles. The Labute approximate surface area is 271 Å². The predicted molar refractivity (Wildman–Crippen MR) is 171 cm³/mol. The minimum absolute atomic E-state index is 0.138. The van der Waals surface area contributed by atoms with E-state index in [4.69, 9.17) is 14.5 Å². The van der Waals surface area contributed by atoms with Gasteiger partial charge in [-0.2, -0.15) is 13.2 Å². The van der Waals surface area contributed by atoms with Gasteiger partial charge in [-0.25, -0.2) is 9.78 Å². The summed E-state index contributed by atoms with van der Waals surface area (Å²) in [5.41, 5.74) is 1.28. The maximum absolute atomic E-state index is 13.2. The number of rotatable bonds is 10. The van der Waals surface area contributed by atoms with Gasteiger partial charge in [-0.05, 0) is 56.7 Å². The van der Waals surface area contributed by atoms with Gasteiger partial charge in [-0.15, -0.1) is 23.1 Å². The lowest BCUT2D eigenvalue weighted by Crippen LogP contribution is -2.51. The van der Waals surface area contributed by atoms with Crippen molar-refractivity contribution in [2.75, 3.05) is 32.8 Å². The van der Waals surface area contributed by atoms with Gasteiger partial charge < -0.3 is 14.4 Å². The number of aromatic nitrogens is 1. The van der Waals surface area contributed by atoms with E-state index in [9.17, 15) is 22.8 Å². The second kappa shape index (κ2) is 14.6. The molecule has 1 saturated heterocycles. The number of hydrogen-bond donors (Lipinski definition) is 0. The monoisotopic (exact) mass is 663 g/mol. The molecule has 0 saturated carbocycles. The molecular formula is C33H40F3N3O4S2. The lowest BCUT2D eigenvalue weighted by Gasteiger charge is -2.37. The van der Waals surface area contributed by atoms with Gasteiger partial charge in [-0.1, -0.05) is 32.9 Å². The van der Waals surface area contributed by atoms with E-state index in [1.165, 1.54) is 23.5 Å². The molecule has 0 spiro atoms. The Balaban J connectivity index is 1.50. The number of thiazole rings is 1. The molecule has 4 rings (SSSR count). The SMILES string of the molecule is CCOC(=O)C(C)Oc1ccc(SCc2sc(-c3ccc(C(F)(F)F)cc3)nc2CN2CCN(C(=O)C(C)(C)C)CC2)cc1C. The van der Waals surface area contributed by atoms with Crippen LogP contribution in [0.15, 0.2) is 47.4 Å². The summed E-state index contributed by atoms with van der Waals surface area (Å²) in [5, 5.41) is 0.670. The first-order valence-electron chi connectivity index (χ1n) is 14.9. The summed E-state index contributed by atoms with van der Waals surface area (Å²) in [6.07, 6.45) is -5.13. The lowest BCUT2D eigenvalue weighted by atomic mass is 9.94. The number of carbonyl (C=O) groups excluding carboxylic acids is 2. The molecule has 7 nitrogen and oxygen atoms in total. The fourth-order valence-corrected chi connectivity index (χ4v) is 7.00. The zero-order valence-electron chi connectivity index (χ0n) is 26.5. The highest BCUT2D eigenvalue weighted by atomic mass is 32.2. The zero-order chi connectivity index (χ0) is 32.9. The van der Waals surface area contributed by atoms with Crippen LogP contribution in [0.2, 0.25) is 0 Å². The molecule has 2 aromatic carbocycles. The van der Waals surface area contributed by atoms with Gasteiger partial charge in [0, 0.05) is 59.2 Å². The highest BCUT2D eigenvalue weighted by Crippen LogP contribution is 2.37. The fourth-order valence-electron chi connectivity index (χ4n) is 4.83. The highest BCUT2D eigenvalue weighted by Gasteiger charge is 2.31. The van der Waals surface area contributed by atoms with E-state index in [-0.39, 0.29) is 12.5 Å². The molecule has 244 valence electrons. The fraction of sp³-hybridized carbons (Fsp3) is 0.485. The maximum atomic E-state index is 13.2. The second-order valence-corrected chi connectivity index (χ2v) is 14.1. The van der Waals surface area contributed by atoms with Crippen LogP contribution in [-0.4, -0.2) is 65.6 Å². The number of piperazine rings is 1. The first kappa shape index (κ1) is 34.8. The number of hydrogen-bond acceptors (Lipinski definition) is 8. The number of thioether (sulfide) groups is 1. The smallest absolute Gasteiger partial charge is 0.416 e. The molecule has 2 heterocycles. The topological polar surface area (TPSA) is 72.0 Å². The van der Waals surface area contributed by atoms with Gasteiger partial charge in [0.2, 0.25) is 5.91 Å². The molecule has 0 N–H and O–H groups in total. The third kappa shape index (κ3) is 9.23. The van der Waals surface area contributed by atoms with Crippen LogP contribution in [0.5, 0.6) is 5.75 Å². The molecule has 1 unspecified atom stereocenters. The Bertz CT molecular complexity index is 1480. The van der Waals surface area contributed by atoms with Crippen molar-refractivity contribution in [1.82, 2.24) is 14.8 Å². The molecule has 1 aliphatic rings. The van der Waals surface area contributed by atoms with Crippen LogP contribution in [0.4, 0.5) is 13.2 Å². The normalized spacial score (nSPS) is 15.2. The van der Waals surface area contributed by atoms with Gasteiger partial charge in [0.1, 0.15) is 10.8 Å². The van der Waals surface area contributed by atoms with Crippen molar-refractivity contribution in [1.29, 1.82) is 0 Å². The Hall–Kier alpha value is -3.09. The third-order valence-corrected chi connectivity index (χ3v) is 9.70. The quantitative estimate of drug-likeness (QED) is 0.165. The number of aryl methyl sites for hydroxylation is 1. The maximum Gasteiger partial charge on any atom is 0.416 e. The number of carbonyl (C=O) groups is 2. The van der Waals surface area contributed by atoms with Crippen molar-refractivity contribution in [3.8, 4) is 16.3 Å². The van der Waals surface area contributed by atoms with Crippen molar-refractivity contribution < 1.29 is 32.2 Å². The van der Waals surface area contributed by atoms with E-state index < -0.39 is 29.2 Å². The molecule has 45 heavy (non-hydrogen) atoms. The first-order valence-corrected chi connectivity index (χ1v) is 16.7. The number of amides is 1. The Morgan fingerprint density at radius 3 is 2.29 bits per heavy atom. The summed E-state index contributed by atoms with van der Waals surface area (Å²) in [6.45, 7) is 14.7. The van der Waals surface area contributed by atoms with E-state index in [2.05, 4.69) is 4.90 Å². The van der Waals surface area contributed by atoms with Crippen LogP contribution in [0, 0.1) is 12.3 Å². The van der Waals surface area contributed by atoms with Gasteiger partial charge in [-0.3, -0.25) is 9.69 Å². The molecule has 1 aliphatic heterocycles. The number of halogens is 3. The number of esters is 1. The van der Waals surface area contributed by atoms with Crippen LogP contribution in [-0.2, 0) is 32.8 Å². The van der Waals surface area contributed by atoms with Crippen LogP contribution in [0.25, 0.3) is 10.6 Å². The van der Waals surface area contributed by atoms with E-state index in [0.29, 0.717) is 54.8 Å². The van der Waals surface area contributed by atoms with Crippen molar-refractivity contribution >= 4 is 35.0 Å². The summed E-state index contributed by atoms with van der Waals surface area (Å²) in [5.74, 6) is 0.945. The van der Waals surface area contributed by atoms with E-state index in [1.807, 2.05) is 50.8 Å². The molecule has 0 radical (unpaired) electrons. The molecule has 1 amide bonds. The Morgan fingerprint density at radius 1 is 1.04 bits per heavy atom. The van der Waals surface area contributed by atoms with Crippen LogP contribution >= 0.6 is 23.1 Å². The average molecular weight is 664 g/mol. The van der Waals surface area contributed by atoms with E-state index in [0.717, 1.165) is 33.2 Å². The first-order chi connectivity index (χ1) is 21.2. The largest absolute Gasteiger partial charge is 0.479 e. The van der Waals surface area contributed by atoms with Crippen LogP contribution in [0.1, 0.15) is 56.3 Å². The Morgan fingerprint density at radius 2 is 1.71 bits per heavy atom. The van der Waals surface area contributed by atoms with Gasteiger partial charge >= 0.3 is 12.1 Å². The van der Waals surface area contributed by atoms with Gasteiger partial charge in [0.25, 0.3) is 0 Å². The second-order valence-electron chi connectivity index (χ2n) is 12.0. The van der Waals surface area contributed by atoms with E-state index in [1.54, 1.807) is 25.6 Å². The minimum Gasteiger partial charge on any atom is -0.479 e. The number of nitrogens with zero attached hydrogens (tertiary/aromatic N) is 3. The van der Waals surface area contributed by atoms with Crippen molar-refractivity contribution in [3.63, 3.8) is 0 Å². The van der Waals surface area contributed by atoms with E-state index >= 15 is 0 Å². The highest BCUT2D eigenvalue weighted by molar-refractivity contribution is 7.98. The summed E-state index contributed by atoms with van der Waals surface area (Å²) in [7, 11) is 0. The molecule has 0 bridgehead atoms. The number of ether oxygens (including phenoxy) is 2. The van der Waals surface area contributed by atoms with Crippen molar-refractivity contribution in [2.45, 2.75) is 71.0 Å². The summed E-state index contributed by atoms with van der Waals surface area (Å²) in [6, 6.07) is 10.9.